The molecule has 0 spiro atoms. The summed E-state index contributed by atoms with van der Waals surface area (Å²) < 4.78 is 5.39. The molecular weight excluding hydrogens is 286 g/mol. The summed E-state index contributed by atoms with van der Waals surface area (Å²) in [6.07, 6.45) is 0.719. The van der Waals surface area contributed by atoms with Crippen LogP contribution >= 0.6 is 11.3 Å². The highest BCUT2D eigenvalue weighted by molar-refractivity contribution is 7.09. The number of carbonyl (C=O) groups is 1. The number of aromatic nitrogens is 1. The van der Waals surface area contributed by atoms with Crippen molar-refractivity contribution in [3.8, 4) is 5.75 Å². The molecule has 0 atom stereocenters. The van der Waals surface area contributed by atoms with E-state index in [4.69, 9.17) is 10.5 Å². The average Bonchev–Trinajstić information content (AvgIpc) is 2.84. The molecule has 5 nitrogen and oxygen atoms in total. The van der Waals surface area contributed by atoms with Gasteiger partial charge in [0.25, 0.3) is 5.91 Å². The third-order valence-corrected chi connectivity index (χ3v) is 3.66. The van der Waals surface area contributed by atoms with Crippen LogP contribution in [0.2, 0.25) is 0 Å². The normalized spacial score (nSPS) is 10.4. The van der Waals surface area contributed by atoms with E-state index >= 15 is 0 Å². The van der Waals surface area contributed by atoms with Crippen molar-refractivity contribution >= 4 is 22.9 Å². The molecule has 0 saturated heterocycles. The van der Waals surface area contributed by atoms with Gasteiger partial charge in [-0.2, -0.15) is 0 Å². The number of nitrogens with two attached hydrogens (primary N) is 1. The van der Waals surface area contributed by atoms with Crippen molar-refractivity contribution in [3.63, 3.8) is 0 Å². The van der Waals surface area contributed by atoms with Gasteiger partial charge < -0.3 is 15.8 Å². The molecule has 1 heterocycles. The van der Waals surface area contributed by atoms with Crippen LogP contribution in [0.5, 0.6) is 5.75 Å². The molecule has 6 heteroatoms. The number of hydrogen-bond donors (Lipinski definition) is 2. The van der Waals surface area contributed by atoms with Gasteiger partial charge in [-0.1, -0.05) is 0 Å². The van der Waals surface area contributed by atoms with E-state index < -0.39 is 0 Å². The fourth-order valence-corrected chi connectivity index (χ4v) is 2.58. The van der Waals surface area contributed by atoms with Gasteiger partial charge in [-0.3, -0.25) is 4.79 Å². The standard InChI is InChI=1S/C15H19N3O2S/c1-3-20-14-7-11(6-12(16)8-14)15(19)17-5-4-13-9-21-10(2)18-13/h6-9H,3-5,16H2,1-2H3,(H,17,19). The first kappa shape index (κ1) is 15.3. The second-order valence-electron chi connectivity index (χ2n) is 4.59. The van der Waals surface area contributed by atoms with Crippen LogP contribution in [0.3, 0.4) is 0 Å². The van der Waals surface area contributed by atoms with Crippen molar-refractivity contribution in [1.82, 2.24) is 10.3 Å². The molecule has 0 aliphatic rings. The molecule has 1 aromatic carbocycles. The number of hydrogen-bond acceptors (Lipinski definition) is 5. The van der Waals surface area contributed by atoms with Crippen LogP contribution in [0.15, 0.2) is 23.6 Å². The van der Waals surface area contributed by atoms with E-state index in [-0.39, 0.29) is 5.91 Å². The lowest BCUT2D eigenvalue weighted by Crippen LogP contribution is -2.25. The maximum atomic E-state index is 12.1. The zero-order valence-electron chi connectivity index (χ0n) is 12.2. The van der Waals surface area contributed by atoms with E-state index in [9.17, 15) is 4.79 Å². The molecule has 1 amide bonds. The van der Waals surface area contributed by atoms with Gasteiger partial charge in [0.05, 0.1) is 17.3 Å². The Morgan fingerprint density at radius 2 is 2.24 bits per heavy atom. The lowest BCUT2D eigenvalue weighted by molar-refractivity contribution is 0.0953. The first-order chi connectivity index (χ1) is 10.1. The van der Waals surface area contributed by atoms with Gasteiger partial charge >= 0.3 is 0 Å². The number of amides is 1. The minimum atomic E-state index is -0.157. The van der Waals surface area contributed by atoms with Crippen LogP contribution in [0.25, 0.3) is 0 Å². The Hall–Kier alpha value is -2.08. The summed E-state index contributed by atoms with van der Waals surface area (Å²) in [6.45, 7) is 4.93. The lowest BCUT2D eigenvalue weighted by atomic mass is 10.1. The topological polar surface area (TPSA) is 77.2 Å². The second kappa shape index (κ2) is 7.08. The number of carbonyl (C=O) groups excluding carboxylic acids is 1. The molecule has 0 aliphatic carbocycles. The van der Waals surface area contributed by atoms with Crippen LogP contribution < -0.4 is 15.8 Å². The lowest BCUT2D eigenvalue weighted by Gasteiger charge is -2.08. The molecule has 0 aliphatic heterocycles. The highest BCUT2D eigenvalue weighted by Crippen LogP contribution is 2.19. The number of nitrogen functional groups attached to an aromatic ring is 1. The molecule has 2 aromatic rings. The first-order valence-electron chi connectivity index (χ1n) is 6.81. The zero-order valence-corrected chi connectivity index (χ0v) is 13.0. The maximum absolute atomic E-state index is 12.1. The Kier molecular flexibility index (Phi) is 5.16. The van der Waals surface area contributed by atoms with Crippen LogP contribution in [0.1, 0.15) is 28.0 Å². The van der Waals surface area contributed by atoms with Gasteiger partial charge in [0.1, 0.15) is 5.75 Å². The minimum absolute atomic E-state index is 0.157. The third kappa shape index (κ3) is 4.46. The maximum Gasteiger partial charge on any atom is 0.251 e. The number of benzene rings is 1. The Bertz CT molecular complexity index is 625. The van der Waals surface area contributed by atoms with Crippen molar-refractivity contribution < 1.29 is 9.53 Å². The Morgan fingerprint density at radius 3 is 2.90 bits per heavy atom. The van der Waals surface area contributed by atoms with E-state index in [0.717, 1.165) is 17.1 Å². The predicted molar refractivity (Wildman–Crippen MR) is 84.9 cm³/mol. The number of ether oxygens (including phenoxy) is 1. The summed E-state index contributed by atoms with van der Waals surface area (Å²) in [6, 6.07) is 5.05. The zero-order chi connectivity index (χ0) is 15.2. The fraction of sp³-hybridized carbons (Fsp3) is 0.333. The second-order valence-corrected chi connectivity index (χ2v) is 5.65. The van der Waals surface area contributed by atoms with E-state index in [1.165, 1.54) is 0 Å². The molecule has 0 saturated carbocycles. The van der Waals surface area contributed by atoms with Gasteiger partial charge in [-0.15, -0.1) is 11.3 Å². The molecule has 3 N–H and O–H groups in total. The largest absolute Gasteiger partial charge is 0.494 e. The van der Waals surface area contributed by atoms with Crippen LogP contribution in [0.4, 0.5) is 5.69 Å². The quantitative estimate of drug-likeness (QED) is 0.803. The third-order valence-electron chi connectivity index (χ3n) is 2.84. The summed E-state index contributed by atoms with van der Waals surface area (Å²) in [4.78, 5) is 16.5. The summed E-state index contributed by atoms with van der Waals surface area (Å²) in [5.74, 6) is 0.452. The summed E-state index contributed by atoms with van der Waals surface area (Å²) >= 11 is 1.61. The molecule has 0 bridgehead atoms. The number of thiazole rings is 1. The molecule has 0 unspecified atom stereocenters. The number of nitrogens with one attached hydrogen (secondary N) is 1. The van der Waals surface area contributed by atoms with E-state index in [1.54, 1.807) is 29.5 Å². The van der Waals surface area contributed by atoms with Crippen LogP contribution in [0, 0.1) is 6.92 Å². The van der Waals surface area contributed by atoms with Gasteiger partial charge in [0.15, 0.2) is 0 Å². The van der Waals surface area contributed by atoms with Crippen molar-refractivity contribution in [2.75, 3.05) is 18.9 Å². The number of anilines is 1. The van der Waals surface area contributed by atoms with Gasteiger partial charge in [0.2, 0.25) is 0 Å². The van der Waals surface area contributed by atoms with Crippen molar-refractivity contribution in [2.24, 2.45) is 0 Å². The van der Waals surface area contributed by atoms with Crippen molar-refractivity contribution in [1.29, 1.82) is 0 Å². The smallest absolute Gasteiger partial charge is 0.251 e. The number of aryl methyl sites for hydroxylation is 1. The Balaban J connectivity index is 1.93. The van der Waals surface area contributed by atoms with Gasteiger partial charge in [-0.25, -0.2) is 4.98 Å². The first-order valence-corrected chi connectivity index (χ1v) is 7.69. The van der Waals surface area contributed by atoms with E-state index in [2.05, 4.69) is 10.3 Å². The summed E-state index contributed by atoms with van der Waals surface area (Å²) in [5, 5.41) is 5.91. The van der Waals surface area contributed by atoms with Crippen LogP contribution in [-0.4, -0.2) is 24.0 Å². The van der Waals surface area contributed by atoms with Gasteiger partial charge in [-0.05, 0) is 26.0 Å². The average molecular weight is 305 g/mol. The fourth-order valence-electron chi connectivity index (χ4n) is 1.93. The predicted octanol–water partition coefficient (Wildman–Crippen LogP) is 2.40. The van der Waals surface area contributed by atoms with E-state index in [0.29, 0.717) is 30.2 Å². The highest BCUT2D eigenvalue weighted by atomic mass is 32.1. The molecule has 0 fully saturated rings. The van der Waals surface area contributed by atoms with Crippen molar-refractivity contribution in [3.05, 3.63) is 39.8 Å². The molecule has 21 heavy (non-hydrogen) atoms. The summed E-state index contributed by atoms with van der Waals surface area (Å²) in [5.41, 5.74) is 7.80. The SMILES string of the molecule is CCOc1cc(N)cc(C(=O)NCCc2csc(C)n2)c1. The number of nitrogens with zero attached hydrogens (tertiary/aromatic N) is 1. The Labute approximate surface area is 128 Å². The van der Waals surface area contributed by atoms with Crippen molar-refractivity contribution in [2.45, 2.75) is 20.3 Å². The number of rotatable bonds is 6. The molecule has 0 radical (unpaired) electrons. The van der Waals surface area contributed by atoms with E-state index in [1.807, 2.05) is 19.2 Å². The Morgan fingerprint density at radius 1 is 1.43 bits per heavy atom. The highest BCUT2D eigenvalue weighted by Gasteiger charge is 2.08. The minimum Gasteiger partial charge on any atom is -0.494 e. The molecule has 1 aromatic heterocycles. The van der Waals surface area contributed by atoms with Gasteiger partial charge in [0, 0.05) is 35.7 Å². The molecular formula is C15H19N3O2S. The molecule has 112 valence electrons. The molecule has 2 rings (SSSR count). The monoisotopic (exact) mass is 305 g/mol. The van der Waals surface area contributed by atoms with Crippen LogP contribution in [-0.2, 0) is 6.42 Å². The summed E-state index contributed by atoms with van der Waals surface area (Å²) in [7, 11) is 0.